The van der Waals surface area contributed by atoms with Crippen molar-refractivity contribution in [3.8, 4) is 0 Å². The summed E-state index contributed by atoms with van der Waals surface area (Å²) >= 11 is 0. The first-order valence-electron chi connectivity index (χ1n) is 5.33. The molecule has 1 heterocycles. The van der Waals surface area contributed by atoms with Crippen LogP contribution in [0.1, 0.15) is 16.1 Å². The Kier molecular flexibility index (Phi) is 3.01. The monoisotopic (exact) mass is 248 g/mol. The molecule has 0 aliphatic carbocycles. The predicted molar refractivity (Wildman–Crippen MR) is 66.7 cm³/mol. The van der Waals surface area contributed by atoms with Crippen molar-refractivity contribution in [1.82, 2.24) is 9.78 Å². The van der Waals surface area contributed by atoms with Gasteiger partial charge in [0, 0.05) is 24.6 Å². The number of carbonyl (C=O) groups is 1. The van der Waals surface area contributed by atoms with E-state index >= 15 is 0 Å². The molecule has 3 N–H and O–H groups in total. The van der Waals surface area contributed by atoms with Gasteiger partial charge in [-0.3, -0.25) is 9.48 Å². The summed E-state index contributed by atoms with van der Waals surface area (Å²) in [4.78, 5) is 11.9. The minimum absolute atomic E-state index is 0.258. The van der Waals surface area contributed by atoms with Gasteiger partial charge in [-0.25, -0.2) is 4.39 Å². The minimum atomic E-state index is -0.492. The number of nitrogens with zero attached hydrogens (tertiary/aromatic N) is 2. The summed E-state index contributed by atoms with van der Waals surface area (Å²) in [6.45, 7) is 1.73. The molecular formula is C12H13FN4O. The van der Waals surface area contributed by atoms with Crippen LogP contribution in [-0.4, -0.2) is 15.7 Å². The van der Waals surface area contributed by atoms with Gasteiger partial charge in [0.1, 0.15) is 5.82 Å². The molecule has 0 saturated heterocycles. The second-order valence-corrected chi connectivity index (χ2v) is 4.03. The zero-order valence-electron chi connectivity index (χ0n) is 10.1. The third-order valence-electron chi connectivity index (χ3n) is 2.44. The van der Waals surface area contributed by atoms with Crippen LogP contribution in [0.25, 0.3) is 0 Å². The van der Waals surface area contributed by atoms with Crippen molar-refractivity contribution in [2.75, 3.05) is 11.1 Å². The van der Waals surface area contributed by atoms with Gasteiger partial charge >= 0.3 is 0 Å². The van der Waals surface area contributed by atoms with Gasteiger partial charge in [0.05, 0.1) is 11.3 Å². The van der Waals surface area contributed by atoms with Crippen molar-refractivity contribution < 1.29 is 9.18 Å². The number of aryl methyl sites for hydroxylation is 2. The maximum absolute atomic E-state index is 13.1. The standard InChI is InChI=1S/C12H13FN4O/c1-7-11(6-17(2)16-7)12(18)15-10-4-8(13)3-9(14)5-10/h3-6H,14H2,1-2H3,(H,15,18). The summed E-state index contributed by atoms with van der Waals surface area (Å²) in [5, 5.41) is 6.65. The summed E-state index contributed by atoms with van der Waals surface area (Å²) in [5.41, 5.74) is 7.13. The average Bonchev–Trinajstić information content (AvgIpc) is 2.56. The van der Waals surface area contributed by atoms with E-state index in [4.69, 9.17) is 5.73 Å². The highest BCUT2D eigenvalue weighted by atomic mass is 19.1. The number of nitrogens with two attached hydrogens (primary N) is 1. The maximum Gasteiger partial charge on any atom is 0.259 e. The second-order valence-electron chi connectivity index (χ2n) is 4.03. The van der Waals surface area contributed by atoms with E-state index in [-0.39, 0.29) is 11.6 Å². The lowest BCUT2D eigenvalue weighted by atomic mass is 10.2. The molecule has 5 nitrogen and oxygen atoms in total. The molecule has 1 aromatic carbocycles. The van der Waals surface area contributed by atoms with Crippen LogP contribution in [0.2, 0.25) is 0 Å². The fourth-order valence-electron chi connectivity index (χ4n) is 1.71. The lowest BCUT2D eigenvalue weighted by Gasteiger charge is -2.05. The van der Waals surface area contributed by atoms with Crippen molar-refractivity contribution in [2.45, 2.75) is 6.92 Å². The van der Waals surface area contributed by atoms with E-state index in [1.807, 2.05) is 0 Å². The molecule has 18 heavy (non-hydrogen) atoms. The van der Waals surface area contributed by atoms with Gasteiger partial charge in [0.25, 0.3) is 5.91 Å². The van der Waals surface area contributed by atoms with Crippen molar-refractivity contribution in [1.29, 1.82) is 0 Å². The van der Waals surface area contributed by atoms with Crippen LogP contribution >= 0.6 is 0 Å². The predicted octanol–water partition coefficient (Wildman–Crippen LogP) is 1.70. The molecule has 0 atom stereocenters. The lowest BCUT2D eigenvalue weighted by Crippen LogP contribution is -2.12. The SMILES string of the molecule is Cc1nn(C)cc1C(=O)Nc1cc(N)cc(F)c1. The van der Waals surface area contributed by atoms with Crippen LogP contribution in [0, 0.1) is 12.7 Å². The summed E-state index contributed by atoms with van der Waals surface area (Å²) in [7, 11) is 1.73. The molecular weight excluding hydrogens is 235 g/mol. The first-order chi connectivity index (χ1) is 8.45. The van der Waals surface area contributed by atoms with Crippen LogP contribution in [0.15, 0.2) is 24.4 Å². The molecule has 0 aliphatic heterocycles. The highest BCUT2D eigenvalue weighted by molar-refractivity contribution is 6.05. The molecule has 1 amide bonds. The molecule has 2 aromatic rings. The number of hydrogen-bond acceptors (Lipinski definition) is 3. The Bertz CT molecular complexity index is 586. The highest BCUT2D eigenvalue weighted by Gasteiger charge is 2.13. The van der Waals surface area contributed by atoms with Gasteiger partial charge in [-0.15, -0.1) is 0 Å². The molecule has 0 bridgehead atoms. The number of amides is 1. The number of hydrogen-bond donors (Lipinski definition) is 2. The van der Waals surface area contributed by atoms with Crippen LogP contribution in [0.5, 0.6) is 0 Å². The molecule has 0 radical (unpaired) electrons. The molecule has 6 heteroatoms. The molecule has 2 rings (SSSR count). The van der Waals surface area contributed by atoms with Crippen molar-refractivity contribution in [3.05, 3.63) is 41.5 Å². The zero-order chi connectivity index (χ0) is 13.3. The van der Waals surface area contributed by atoms with Gasteiger partial charge in [-0.1, -0.05) is 0 Å². The molecule has 0 saturated carbocycles. The first kappa shape index (κ1) is 12.1. The normalized spacial score (nSPS) is 10.4. The number of anilines is 2. The third kappa shape index (κ3) is 2.48. The van der Waals surface area contributed by atoms with Crippen LogP contribution in [0.3, 0.4) is 0 Å². The van der Waals surface area contributed by atoms with Crippen molar-refractivity contribution in [3.63, 3.8) is 0 Å². The average molecular weight is 248 g/mol. The second kappa shape index (κ2) is 4.48. The molecule has 0 unspecified atom stereocenters. The third-order valence-corrected chi connectivity index (χ3v) is 2.44. The lowest BCUT2D eigenvalue weighted by molar-refractivity contribution is 0.102. The Hall–Kier alpha value is -2.37. The van der Waals surface area contributed by atoms with Gasteiger partial charge < -0.3 is 11.1 Å². The van der Waals surface area contributed by atoms with Gasteiger partial charge in [-0.05, 0) is 25.1 Å². The molecule has 0 spiro atoms. The summed E-state index contributed by atoms with van der Waals surface area (Å²) in [6.07, 6.45) is 1.60. The van der Waals surface area contributed by atoms with Gasteiger partial charge in [-0.2, -0.15) is 5.10 Å². The smallest absolute Gasteiger partial charge is 0.259 e. The fraction of sp³-hybridized carbons (Fsp3) is 0.167. The van der Waals surface area contributed by atoms with E-state index in [1.54, 1.807) is 24.9 Å². The first-order valence-corrected chi connectivity index (χ1v) is 5.33. The van der Waals surface area contributed by atoms with E-state index in [9.17, 15) is 9.18 Å². The fourth-order valence-corrected chi connectivity index (χ4v) is 1.71. The van der Waals surface area contributed by atoms with E-state index in [0.717, 1.165) is 0 Å². The van der Waals surface area contributed by atoms with Crippen LogP contribution < -0.4 is 11.1 Å². The minimum Gasteiger partial charge on any atom is -0.399 e. The van der Waals surface area contributed by atoms with Gasteiger partial charge in [0.15, 0.2) is 0 Å². The Morgan fingerprint density at radius 3 is 2.72 bits per heavy atom. The number of rotatable bonds is 2. The van der Waals surface area contributed by atoms with Crippen LogP contribution in [0.4, 0.5) is 15.8 Å². The number of benzene rings is 1. The Balaban J connectivity index is 2.23. The topological polar surface area (TPSA) is 72.9 Å². The number of carbonyl (C=O) groups excluding carboxylic acids is 1. The Morgan fingerprint density at radius 1 is 1.44 bits per heavy atom. The largest absolute Gasteiger partial charge is 0.399 e. The van der Waals surface area contributed by atoms with E-state index in [2.05, 4.69) is 10.4 Å². The number of nitrogens with one attached hydrogen (secondary N) is 1. The van der Waals surface area contributed by atoms with Crippen molar-refractivity contribution in [2.24, 2.45) is 7.05 Å². The zero-order valence-corrected chi connectivity index (χ0v) is 10.1. The number of halogens is 1. The molecule has 94 valence electrons. The van der Waals surface area contributed by atoms with Gasteiger partial charge in [0.2, 0.25) is 0 Å². The Labute approximate surface area is 103 Å². The summed E-state index contributed by atoms with van der Waals surface area (Å²) in [5.74, 6) is -0.834. The molecule has 0 aliphatic rings. The summed E-state index contributed by atoms with van der Waals surface area (Å²) in [6, 6.07) is 3.89. The van der Waals surface area contributed by atoms with E-state index in [1.165, 1.54) is 18.2 Å². The molecule has 0 fully saturated rings. The van der Waals surface area contributed by atoms with Crippen LogP contribution in [-0.2, 0) is 7.05 Å². The quantitative estimate of drug-likeness (QED) is 0.794. The number of aromatic nitrogens is 2. The highest BCUT2D eigenvalue weighted by Crippen LogP contribution is 2.17. The summed E-state index contributed by atoms with van der Waals surface area (Å²) < 4.78 is 14.7. The van der Waals surface area contributed by atoms with Crippen molar-refractivity contribution >= 4 is 17.3 Å². The maximum atomic E-state index is 13.1. The Morgan fingerprint density at radius 2 is 2.17 bits per heavy atom. The van der Waals surface area contributed by atoms with E-state index in [0.29, 0.717) is 16.9 Å². The van der Waals surface area contributed by atoms with E-state index < -0.39 is 5.82 Å². The number of nitrogen functional groups attached to an aromatic ring is 1. The molecule has 1 aromatic heterocycles.